The topological polar surface area (TPSA) is 35.2 Å². The lowest BCUT2D eigenvalue weighted by Gasteiger charge is -2.13. The van der Waals surface area contributed by atoms with Gasteiger partial charge in [0.1, 0.15) is 5.75 Å². The van der Waals surface area contributed by atoms with Gasteiger partial charge in [-0.25, -0.2) is 0 Å². The molecule has 1 aromatic carbocycles. The molecule has 0 unspecified atom stereocenters. The van der Waals surface area contributed by atoms with Crippen molar-refractivity contribution in [2.75, 3.05) is 7.11 Å². The van der Waals surface area contributed by atoms with Crippen LogP contribution < -0.4 is 10.5 Å². The van der Waals surface area contributed by atoms with Crippen LogP contribution in [0.5, 0.6) is 5.75 Å². The van der Waals surface area contributed by atoms with Crippen LogP contribution in [-0.4, -0.2) is 7.11 Å². The molecule has 1 aromatic rings. The van der Waals surface area contributed by atoms with E-state index in [1.807, 2.05) is 6.07 Å². The summed E-state index contributed by atoms with van der Waals surface area (Å²) in [5.41, 5.74) is 8.84. The van der Waals surface area contributed by atoms with Crippen LogP contribution >= 0.6 is 0 Å². The van der Waals surface area contributed by atoms with Crippen LogP contribution in [0, 0.1) is 5.92 Å². The maximum atomic E-state index is 6.17. The van der Waals surface area contributed by atoms with E-state index >= 15 is 0 Å². The van der Waals surface area contributed by atoms with Crippen LogP contribution in [0.15, 0.2) is 18.2 Å². The third-order valence-corrected chi connectivity index (χ3v) is 3.23. The van der Waals surface area contributed by atoms with E-state index in [9.17, 15) is 0 Å². The molecule has 14 heavy (non-hydrogen) atoms. The molecule has 2 N–H and O–H groups in total. The highest BCUT2D eigenvalue weighted by molar-refractivity contribution is 5.41. The SMILES string of the molecule is CC[C@@H]1Cc2ccc(OC)cc2[C@@H]1N. The minimum absolute atomic E-state index is 0.199. The van der Waals surface area contributed by atoms with Crippen LogP contribution in [0.2, 0.25) is 0 Å². The third-order valence-electron chi connectivity index (χ3n) is 3.23. The molecule has 1 aliphatic rings. The Kier molecular flexibility index (Phi) is 2.46. The fourth-order valence-corrected chi connectivity index (χ4v) is 2.26. The van der Waals surface area contributed by atoms with Crippen molar-refractivity contribution in [3.63, 3.8) is 0 Å². The highest BCUT2D eigenvalue weighted by atomic mass is 16.5. The van der Waals surface area contributed by atoms with E-state index in [0.29, 0.717) is 5.92 Å². The van der Waals surface area contributed by atoms with Crippen molar-refractivity contribution in [3.05, 3.63) is 29.3 Å². The molecule has 2 heteroatoms. The largest absolute Gasteiger partial charge is 0.497 e. The number of fused-ring (bicyclic) bond motifs is 1. The van der Waals surface area contributed by atoms with E-state index in [0.717, 1.165) is 18.6 Å². The van der Waals surface area contributed by atoms with Crippen LogP contribution in [-0.2, 0) is 6.42 Å². The van der Waals surface area contributed by atoms with E-state index in [2.05, 4.69) is 19.1 Å². The first-order valence-electron chi connectivity index (χ1n) is 5.18. The zero-order valence-corrected chi connectivity index (χ0v) is 8.79. The van der Waals surface area contributed by atoms with Crippen molar-refractivity contribution >= 4 is 0 Å². The van der Waals surface area contributed by atoms with Crippen LogP contribution in [0.3, 0.4) is 0 Å². The molecule has 0 radical (unpaired) electrons. The van der Waals surface area contributed by atoms with E-state index < -0.39 is 0 Å². The van der Waals surface area contributed by atoms with Crippen LogP contribution in [0.25, 0.3) is 0 Å². The molecular weight excluding hydrogens is 174 g/mol. The molecule has 1 aliphatic carbocycles. The van der Waals surface area contributed by atoms with Gasteiger partial charge in [-0.1, -0.05) is 19.4 Å². The highest BCUT2D eigenvalue weighted by Gasteiger charge is 2.28. The van der Waals surface area contributed by atoms with Crippen LogP contribution in [0.4, 0.5) is 0 Å². The predicted molar refractivity (Wildman–Crippen MR) is 57.4 cm³/mol. The van der Waals surface area contributed by atoms with Gasteiger partial charge in [0.2, 0.25) is 0 Å². The summed E-state index contributed by atoms with van der Waals surface area (Å²) in [5.74, 6) is 1.52. The molecule has 2 atom stereocenters. The molecule has 2 nitrogen and oxygen atoms in total. The van der Waals surface area contributed by atoms with Crippen molar-refractivity contribution < 1.29 is 4.74 Å². The second-order valence-electron chi connectivity index (χ2n) is 3.96. The highest BCUT2D eigenvalue weighted by Crippen LogP contribution is 2.37. The summed E-state index contributed by atoms with van der Waals surface area (Å²) in [5, 5.41) is 0. The lowest BCUT2D eigenvalue weighted by molar-refractivity contribution is 0.412. The maximum absolute atomic E-state index is 6.17. The van der Waals surface area contributed by atoms with E-state index in [4.69, 9.17) is 10.5 Å². The van der Waals surface area contributed by atoms with E-state index in [1.165, 1.54) is 11.1 Å². The lowest BCUT2D eigenvalue weighted by atomic mass is 9.99. The molecular formula is C12H17NO. The van der Waals surface area contributed by atoms with Gasteiger partial charge in [0.15, 0.2) is 0 Å². The van der Waals surface area contributed by atoms with Gasteiger partial charge >= 0.3 is 0 Å². The Labute approximate surface area is 85.1 Å². The number of nitrogens with two attached hydrogens (primary N) is 1. The average Bonchev–Trinajstić information content (AvgIpc) is 2.55. The molecule has 0 heterocycles. The smallest absolute Gasteiger partial charge is 0.119 e. The van der Waals surface area contributed by atoms with Gasteiger partial charge in [-0.05, 0) is 35.6 Å². The molecule has 2 rings (SSSR count). The van der Waals surface area contributed by atoms with E-state index in [1.54, 1.807) is 7.11 Å². The zero-order valence-electron chi connectivity index (χ0n) is 8.79. The molecule has 0 aliphatic heterocycles. The Hall–Kier alpha value is -1.02. The summed E-state index contributed by atoms with van der Waals surface area (Å²) in [6.07, 6.45) is 2.27. The maximum Gasteiger partial charge on any atom is 0.119 e. The first-order chi connectivity index (χ1) is 6.76. The number of hydrogen-bond acceptors (Lipinski definition) is 2. The fraction of sp³-hybridized carbons (Fsp3) is 0.500. The van der Waals surface area contributed by atoms with Crippen LogP contribution in [0.1, 0.15) is 30.5 Å². The number of rotatable bonds is 2. The third kappa shape index (κ3) is 1.40. The molecule has 0 fully saturated rings. The second-order valence-corrected chi connectivity index (χ2v) is 3.96. The monoisotopic (exact) mass is 191 g/mol. The number of methoxy groups -OCH3 is 1. The summed E-state index contributed by atoms with van der Waals surface area (Å²) in [6.45, 7) is 2.20. The quantitative estimate of drug-likeness (QED) is 0.778. The Bertz CT molecular complexity index is 335. The number of benzene rings is 1. The van der Waals surface area contributed by atoms with Gasteiger partial charge in [0, 0.05) is 6.04 Å². The zero-order chi connectivity index (χ0) is 10.1. The average molecular weight is 191 g/mol. The van der Waals surface area contributed by atoms with Gasteiger partial charge in [0.05, 0.1) is 7.11 Å². The number of hydrogen-bond donors (Lipinski definition) is 1. The van der Waals surface area contributed by atoms with Gasteiger partial charge in [0.25, 0.3) is 0 Å². The summed E-state index contributed by atoms with van der Waals surface area (Å²) in [6, 6.07) is 6.44. The molecule has 0 saturated carbocycles. The Morgan fingerprint density at radius 3 is 2.93 bits per heavy atom. The predicted octanol–water partition coefficient (Wildman–Crippen LogP) is 2.28. The summed E-state index contributed by atoms with van der Waals surface area (Å²) < 4.78 is 5.20. The Morgan fingerprint density at radius 1 is 1.50 bits per heavy atom. The number of ether oxygens (including phenoxy) is 1. The van der Waals surface area contributed by atoms with Gasteiger partial charge in [-0.2, -0.15) is 0 Å². The molecule has 0 bridgehead atoms. The van der Waals surface area contributed by atoms with Gasteiger partial charge < -0.3 is 10.5 Å². The molecule has 0 saturated heterocycles. The van der Waals surface area contributed by atoms with Gasteiger partial charge in [-0.3, -0.25) is 0 Å². The Morgan fingerprint density at radius 2 is 2.29 bits per heavy atom. The molecule has 0 aromatic heterocycles. The first-order valence-corrected chi connectivity index (χ1v) is 5.18. The summed E-state index contributed by atoms with van der Waals surface area (Å²) >= 11 is 0. The Balaban J connectivity index is 2.35. The normalized spacial score (nSPS) is 24.8. The molecule has 0 amide bonds. The van der Waals surface area contributed by atoms with Crippen molar-refractivity contribution in [1.82, 2.24) is 0 Å². The lowest BCUT2D eigenvalue weighted by Crippen LogP contribution is -2.15. The standard InChI is InChI=1S/C12H17NO/c1-3-8-6-9-4-5-10(14-2)7-11(9)12(8)13/h4-5,7-8,12H,3,6,13H2,1-2H3/t8-,12-/m1/s1. The molecule has 76 valence electrons. The minimum atomic E-state index is 0.199. The summed E-state index contributed by atoms with van der Waals surface area (Å²) in [7, 11) is 1.69. The van der Waals surface area contributed by atoms with Crippen molar-refractivity contribution in [2.45, 2.75) is 25.8 Å². The first kappa shape index (κ1) is 9.53. The second kappa shape index (κ2) is 3.62. The minimum Gasteiger partial charge on any atom is -0.497 e. The van der Waals surface area contributed by atoms with Crippen molar-refractivity contribution in [1.29, 1.82) is 0 Å². The summed E-state index contributed by atoms with van der Waals surface area (Å²) in [4.78, 5) is 0. The van der Waals surface area contributed by atoms with E-state index in [-0.39, 0.29) is 6.04 Å². The fourth-order valence-electron chi connectivity index (χ4n) is 2.26. The van der Waals surface area contributed by atoms with Crippen molar-refractivity contribution in [2.24, 2.45) is 11.7 Å². The van der Waals surface area contributed by atoms with Crippen molar-refractivity contribution in [3.8, 4) is 5.75 Å². The van der Waals surface area contributed by atoms with Gasteiger partial charge in [-0.15, -0.1) is 0 Å². The molecule has 0 spiro atoms.